The molecule has 1 aromatic carbocycles. The fourth-order valence-corrected chi connectivity index (χ4v) is 1.50. The number of nitrogens with zero attached hydrogens (tertiary/aromatic N) is 1. The largest absolute Gasteiger partial charge is 0.497 e. The van der Waals surface area contributed by atoms with Gasteiger partial charge in [-0.15, -0.1) is 0 Å². The second-order valence-corrected chi connectivity index (χ2v) is 3.86. The highest BCUT2D eigenvalue weighted by molar-refractivity contribution is 5.47. The Labute approximate surface area is 103 Å². The first kappa shape index (κ1) is 13.5. The van der Waals surface area contributed by atoms with Gasteiger partial charge in [0, 0.05) is 6.54 Å². The maximum Gasteiger partial charge on any atom is 0.211 e. The number of amides is 1. The van der Waals surface area contributed by atoms with Gasteiger partial charge >= 0.3 is 0 Å². The number of rotatable bonds is 8. The van der Waals surface area contributed by atoms with Crippen LogP contribution in [-0.2, 0) is 11.3 Å². The van der Waals surface area contributed by atoms with Crippen molar-refractivity contribution in [1.29, 1.82) is 0 Å². The van der Waals surface area contributed by atoms with Crippen molar-refractivity contribution in [3.8, 4) is 5.75 Å². The smallest absolute Gasteiger partial charge is 0.211 e. The van der Waals surface area contributed by atoms with E-state index in [4.69, 9.17) is 4.74 Å². The zero-order valence-electron chi connectivity index (χ0n) is 10.5. The van der Waals surface area contributed by atoms with Crippen molar-refractivity contribution in [3.05, 3.63) is 29.8 Å². The zero-order valence-corrected chi connectivity index (χ0v) is 10.5. The SMILES string of the molecule is CCCNCN(C=O)Cc1ccc(OC)cc1. The molecular formula is C13H20N2O2. The van der Waals surface area contributed by atoms with Crippen molar-refractivity contribution in [3.63, 3.8) is 0 Å². The molecule has 0 saturated carbocycles. The van der Waals surface area contributed by atoms with Crippen molar-refractivity contribution in [2.24, 2.45) is 0 Å². The second kappa shape index (κ2) is 7.68. The fraction of sp³-hybridized carbons (Fsp3) is 0.462. The number of methoxy groups -OCH3 is 1. The maximum absolute atomic E-state index is 10.9. The summed E-state index contributed by atoms with van der Waals surface area (Å²) in [5, 5.41) is 3.20. The van der Waals surface area contributed by atoms with E-state index in [1.807, 2.05) is 24.3 Å². The number of ether oxygens (including phenoxy) is 1. The molecule has 0 aliphatic rings. The molecule has 0 radical (unpaired) electrons. The van der Waals surface area contributed by atoms with Crippen molar-refractivity contribution in [2.75, 3.05) is 20.3 Å². The summed E-state index contributed by atoms with van der Waals surface area (Å²) in [5.41, 5.74) is 1.09. The van der Waals surface area contributed by atoms with Gasteiger partial charge in [-0.3, -0.25) is 10.1 Å². The van der Waals surface area contributed by atoms with Gasteiger partial charge < -0.3 is 9.64 Å². The van der Waals surface area contributed by atoms with Gasteiger partial charge in [0.15, 0.2) is 0 Å². The monoisotopic (exact) mass is 236 g/mol. The Hall–Kier alpha value is -1.55. The van der Waals surface area contributed by atoms with Crippen LogP contribution in [0.2, 0.25) is 0 Å². The number of carbonyl (C=O) groups excluding carboxylic acids is 1. The molecule has 0 saturated heterocycles. The Balaban J connectivity index is 2.45. The second-order valence-electron chi connectivity index (χ2n) is 3.86. The van der Waals surface area contributed by atoms with E-state index in [0.29, 0.717) is 13.2 Å². The van der Waals surface area contributed by atoms with Crippen LogP contribution in [0.25, 0.3) is 0 Å². The number of benzene rings is 1. The standard InChI is InChI=1S/C13H20N2O2/c1-3-8-14-10-15(11-16)9-12-4-6-13(17-2)7-5-12/h4-7,11,14H,3,8-10H2,1-2H3. The minimum atomic E-state index is 0.587. The predicted molar refractivity (Wildman–Crippen MR) is 67.8 cm³/mol. The average Bonchev–Trinajstić information content (AvgIpc) is 2.38. The number of carbonyl (C=O) groups is 1. The molecule has 1 rings (SSSR count). The third kappa shape index (κ3) is 4.87. The first-order valence-corrected chi connectivity index (χ1v) is 5.83. The van der Waals surface area contributed by atoms with Crippen LogP contribution < -0.4 is 10.1 Å². The Morgan fingerprint density at radius 1 is 1.35 bits per heavy atom. The topological polar surface area (TPSA) is 41.6 Å². The number of hydrogen-bond donors (Lipinski definition) is 1. The van der Waals surface area contributed by atoms with Crippen LogP contribution in [0.4, 0.5) is 0 Å². The van der Waals surface area contributed by atoms with E-state index in [9.17, 15) is 4.79 Å². The molecule has 0 aliphatic carbocycles. The van der Waals surface area contributed by atoms with E-state index in [-0.39, 0.29) is 0 Å². The highest BCUT2D eigenvalue weighted by Gasteiger charge is 2.02. The van der Waals surface area contributed by atoms with Crippen LogP contribution in [0, 0.1) is 0 Å². The van der Waals surface area contributed by atoms with Crippen LogP contribution in [0.15, 0.2) is 24.3 Å². The molecular weight excluding hydrogens is 216 g/mol. The molecule has 1 aromatic rings. The third-order valence-corrected chi connectivity index (χ3v) is 2.44. The molecule has 0 atom stereocenters. The maximum atomic E-state index is 10.9. The van der Waals surface area contributed by atoms with E-state index in [1.165, 1.54) is 0 Å². The number of nitrogens with one attached hydrogen (secondary N) is 1. The summed E-state index contributed by atoms with van der Waals surface area (Å²) in [6, 6.07) is 7.74. The molecule has 17 heavy (non-hydrogen) atoms. The summed E-state index contributed by atoms with van der Waals surface area (Å²) in [4.78, 5) is 12.6. The minimum absolute atomic E-state index is 0.587. The lowest BCUT2D eigenvalue weighted by Crippen LogP contribution is -2.33. The first-order chi connectivity index (χ1) is 8.30. The summed E-state index contributed by atoms with van der Waals surface area (Å²) >= 11 is 0. The van der Waals surface area contributed by atoms with Crippen LogP contribution in [0.5, 0.6) is 5.75 Å². The van der Waals surface area contributed by atoms with E-state index < -0.39 is 0 Å². The Kier molecular flexibility index (Phi) is 6.10. The molecule has 4 nitrogen and oxygen atoms in total. The molecule has 0 spiro atoms. The zero-order chi connectivity index (χ0) is 12.5. The average molecular weight is 236 g/mol. The molecule has 1 N–H and O–H groups in total. The minimum Gasteiger partial charge on any atom is -0.497 e. The van der Waals surface area contributed by atoms with E-state index in [2.05, 4.69) is 12.2 Å². The molecule has 0 fully saturated rings. The molecule has 0 heterocycles. The summed E-state index contributed by atoms with van der Waals surface area (Å²) in [6.45, 7) is 4.22. The number of hydrogen-bond acceptors (Lipinski definition) is 3. The lowest BCUT2D eigenvalue weighted by molar-refractivity contribution is -0.119. The van der Waals surface area contributed by atoms with Crippen molar-refractivity contribution in [1.82, 2.24) is 10.2 Å². The predicted octanol–water partition coefficient (Wildman–Crippen LogP) is 1.61. The van der Waals surface area contributed by atoms with E-state index >= 15 is 0 Å². The molecule has 4 heteroatoms. The fourth-order valence-electron chi connectivity index (χ4n) is 1.50. The van der Waals surface area contributed by atoms with Gasteiger partial charge in [-0.1, -0.05) is 19.1 Å². The van der Waals surface area contributed by atoms with E-state index in [1.54, 1.807) is 12.0 Å². The highest BCUT2D eigenvalue weighted by atomic mass is 16.5. The quantitative estimate of drug-likeness (QED) is 0.423. The highest BCUT2D eigenvalue weighted by Crippen LogP contribution is 2.12. The normalized spacial score (nSPS) is 10.0. The molecule has 0 bridgehead atoms. The van der Waals surface area contributed by atoms with Gasteiger partial charge in [-0.05, 0) is 30.7 Å². The van der Waals surface area contributed by atoms with Crippen LogP contribution >= 0.6 is 0 Å². The van der Waals surface area contributed by atoms with Crippen molar-refractivity contribution >= 4 is 6.41 Å². The van der Waals surface area contributed by atoms with Gasteiger partial charge in [0.05, 0.1) is 13.8 Å². The van der Waals surface area contributed by atoms with Gasteiger partial charge in [-0.25, -0.2) is 0 Å². The molecule has 0 aromatic heterocycles. The van der Waals surface area contributed by atoms with Gasteiger partial charge in [0.1, 0.15) is 5.75 Å². The van der Waals surface area contributed by atoms with Gasteiger partial charge in [-0.2, -0.15) is 0 Å². The lowest BCUT2D eigenvalue weighted by atomic mass is 10.2. The third-order valence-electron chi connectivity index (χ3n) is 2.44. The van der Waals surface area contributed by atoms with Crippen LogP contribution in [0.1, 0.15) is 18.9 Å². The van der Waals surface area contributed by atoms with Crippen LogP contribution in [0.3, 0.4) is 0 Å². The Morgan fingerprint density at radius 2 is 2.06 bits per heavy atom. The Bertz CT molecular complexity index is 325. The molecule has 0 aliphatic heterocycles. The van der Waals surface area contributed by atoms with Gasteiger partial charge in [0.2, 0.25) is 6.41 Å². The summed E-state index contributed by atoms with van der Waals surface area (Å²) in [7, 11) is 1.64. The molecule has 0 unspecified atom stereocenters. The molecule has 1 amide bonds. The van der Waals surface area contributed by atoms with Crippen molar-refractivity contribution < 1.29 is 9.53 Å². The lowest BCUT2D eigenvalue weighted by Gasteiger charge is -2.18. The van der Waals surface area contributed by atoms with Gasteiger partial charge in [0.25, 0.3) is 0 Å². The Morgan fingerprint density at radius 3 is 2.59 bits per heavy atom. The summed E-state index contributed by atoms with van der Waals surface area (Å²) in [5.74, 6) is 0.829. The van der Waals surface area contributed by atoms with Crippen molar-refractivity contribution in [2.45, 2.75) is 19.9 Å². The summed E-state index contributed by atoms with van der Waals surface area (Å²) in [6.07, 6.45) is 1.93. The van der Waals surface area contributed by atoms with E-state index in [0.717, 1.165) is 30.7 Å². The first-order valence-electron chi connectivity index (χ1n) is 5.83. The molecule has 94 valence electrons. The van der Waals surface area contributed by atoms with Crippen LogP contribution in [-0.4, -0.2) is 31.6 Å². The summed E-state index contributed by atoms with van der Waals surface area (Å²) < 4.78 is 5.08.